The second kappa shape index (κ2) is 5.80. The second-order valence-electron chi connectivity index (χ2n) is 6.73. The van der Waals surface area contributed by atoms with Crippen LogP contribution in [0.4, 0.5) is 0 Å². The van der Waals surface area contributed by atoms with Crippen molar-refractivity contribution in [3.8, 4) is 0 Å². The predicted molar refractivity (Wildman–Crippen MR) is 97.1 cm³/mol. The van der Waals surface area contributed by atoms with Crippen LogP contribution >= 0.6 is 0 Å². The molecule has 5 rings (SSSR count). The topological polar surface area (TPSA) is 92.8 Å². The highest BCUT2D eigenvalue weighted by atomic mass is 16.3. The van der Waals surface area contributed by atoms with Crippen LogP contribution in [0.3, 0.4) is 0 Å². The highest BCUT2D eigenvalue weighted by Crippen LogP contribution is 2.35. The first-order chi connectivity index (χ1) is 13.1. The second-order valence-corrected chi connectivity index (χ2v) is 6.73. The molecule has 136 valence electrons. The molecule has 8 heteroatoms. The molecule has 1 N–H and O–H groups in total. The van der Waals surface area contributed by atoms with Crippen molar-refractivity contribution >= 4 is 17.0 Å². The number of hydrogen-bond acceptors (Lipinski definition) is 5. The first kappa shape index (κ1) is 15.8. The summed E-state index contributed by atoms with van der Waals surface area (Å²) in [7, 11) is 1.78. The Bertz CT molecular complexity index is 1120. The number of H-pyrrole nitrogens is 1. The summed E-state index contributed by atoms with van der Waals surface area (Å²) in [5.41, 5.74) is 4.58. The van der Waals surface area contributed by atoms with E-state index in [0.717, 1.165) is 22.6 Å². The molecule has 1 aromatic carbocycles. The zero-order chi connectivity index (χ0) is 18.5. The number of oxazole rings is 1. The lowest BCUT2D eigenvalue weighted by atomic mass is 10.0. The number of amides is 1. The van der Waals surface area contributed by atoms with Gasteiger partial charge in [0.2, 0.25) is 5.89 Å². The molecule has 8 nitrogen and oxygen atoms in total. The number of rotatable bonds is 2. The zero-order valence-corrected chi connectivity index (χ0v) is 15.0. The van der Waals surface area contributed by atoms with Crippen molar-refractivity contribution in [2.24, 2.45) is 7.05 Å². The number of hydrogen-bond donors (Lipinski definition) is 1. The van der Waals surface area contributed by atoms with Crippen LogP contribution in [0.5, 0.6) is 0 Å². The van der Waals surface area contributed by atoms with Crippen LogP contribution in [0.25, 0.3) is 11.1 Å². The third kappa shape index (κ3) is 2.44. The maximum absolute atomic E-state index is 13.3. The van der Waals surface area contributed by atoms with E-state index in [1.165, 1.54) is 0 Å². The summed E-state index contributed by atoms with van der Waals surface area (Å²) in [6.07, 6.45) is 2.36. The number of carbonyl (C=O) groups excluding carboxylic acids is 1. The molecule has 0 radical (unpaired) electrons. The van der Waals surface area contributed by atoms with Gasteiger partial charge in [-0.3, -0.25) is 9.48 Å². The number of imidazole rings is 1. The van der Waals surface area contributed by atoms with Crippen molar-refractivity contribution in [3.05, 3.63) is 65.3 Å². The molecular formula is C19H18N6O2. The quantitative estimate of drug-likeness (QED) is 0.591. The molecule has 1 aliphatic heterocycles. The maximum Gasteiger partial charge on any atom is 0.273 e. The molecule has 0 unspecified atom stereocenters. The Balaban J connectivity index is 1.64. The molecule has 1 amide bonds. The van der Waals surface area contributed by atoms with Gasteiger partial charge >= 0.3 is 0 Å². The number of nitrogens with zero attached hydrogens (tertiary/aromatic N) is 5. The molecule has 1 atom stereocenters. The van der Waals surface area contributed by atoms with Gasteiger partial charge in [0, 0.05) is 25.7 Å². The van der Waals surface area contributed by atoms with Gasteiger partial charge in [0.1, 0.15) is 11.2 Å². The van der Waals surface area contributed by atoms with E-state index < -0.39 is 6.04 Å². The standard InChI is InChI=1S/C19H18N6O2/c1-11-9-14(24(2)23-11)19(26)25-8-7-13-16(21-10-20-13)17(25)18-22-12-5-3-4-6-15(12)27-18/h3-6,9-10,17H,7-8H2,1-2H3,(H,20,21)/t17-/m0/s1. The Labute approximate surface area is 154 Å². The Hall–Kier alpha value is -3.42. The minimum Gasteiger partial charge on any atom is -0.438 e. The predicted octanol–water partition coefficient (Wildman–Crippen LogP) is 2.38. The number of aromatic amines is 1. The molecule has 0 bridgehead atoms. The van der Waals surface area contributed by atoms with Crippen LogP contribution in [0.15, 0.2) is 41.1 Å². The average Bonchev–Trinajstić information content (AvgIpc) is 3.37. The maximum atomic E-state index is 13.3. The number of para-hydroxylation sites is 2. The number of nitrogens with one attached hydrogen (secondary N) is 1. The molecule has 0 saturated carbocycles. The van der Waals surface area contributed by atoms with E-state index in [9.17, 15) is 4.79 Å². The lowest BCUT2D eigenvalue weighted by molar-refractivity contribution is 0.0656. The van der Waals surface area contributed by atoms with Crippen LogP contribution in [0.2, 0.25) is 0 Å². The Kier molecular flexibility index (Phi) is 3.40. The van der Waals surface area contributed by atoms with Crippen molar-refractivity contribution in [3.63, 3.8) is 0 Å². The first-order valence-corrected chi connectivity index (χ1v) is 8.81. The molecule has 27 heavy (non-hydrogen) atoms. The van der Waals surface area contributed by atoms with Gasteiger partial charge in [0.25, 0.3) is 5.91 Å². The molecule has 4 aromatic rings. The van der Waals surface area contributed by atoms with E-state index in [0.29, 0.717) is 30.1 Å². The lowest BCUT2D eigenvalue weighted by Gasteiger charge is -2.32. The van der Waals surface area contributed by atoms with Crippen molar-refractivity contribution in [2.75, 3.05) is 6.54 Å². The van der Waals surface area contributed by atoms with Gasteiger partial charge in [0.05, 0.1) is 17.7 Å². The molecule has 3 aromatic heterocycles. The Morgan fingerprint density at radius 2 is 2.19 bits per heavy atom. The van der Waals surface area contributed by atoms with Crippen LogP contribution in [0, 0.1) is 6.92 Å². The van der Waals surface area contributed by atoms with Gasteiger partial charge in [-0.25, -0.2) is 9.97 Å². The summed E-state index contributed by atoms with van der Waals surface area (Å²) in [6, 6.07) is 8.90. The van der Waals surface area contributed by atoms with Gasteiger partial charge < -0.3 is 14.3 Å². The number of carbonyl (C=O) groups is 1. The van der Waals surface area contributed by atoms with E-state index in [1.54, 1.807) is 29.0 Å². The fraction of sp³-hybridized carbons (Fsp3) is 0.263. The lowest BCUT2D eigenvalue weighted by Crippen LogP contribution is -2.41. The fourth-order valence-electron chi connectivity index (χ4n) is 3.71. The summed E-state index contributed by atoms with van der Waals surface area (Å²) in [4.78, 5) is 27.4. The zero-order valence-electron chi connectivity index (χ0n) is 15.0. The van der Waals surface area contributed by atoms with E-state index in [4.69, 9.17) is 4.42 Å². The normalized spacial score (nSPS) is 16.7. The molecule has 0 spiro atoms. The highest BCUT2D eigenvalue weighted by Gasteiger charge is 2.38. The minimum atomic E-state index is -0.477. The van der Waals surface area contributed by atoms with Gasteiger partial charge in [0.15, 0.2) is 11.6 Å². The number of benzene rings is 1. The number of aryl methyl sites for hydroxylation is 2. The van der Waals surface area contributed by atoms with E-state index in [2.05, 4.69) is 20.1 Å². The summed E-state index contributed by atoms with van der Waals surface area (Å²) >= 11 is 0. The Morgan fingerprint density at radius 1 is 1.33 bits per heavy atom. The molecule has 0 saturated heterocycles. The SMILES string of the molecule is Cc1cc(C(=O)N2CCc3[nH]cnc3[C@H]2c2nc3ccccc3o2)n(C)n1. The van der Waals surface area contributed by atoms with Gasteiger partial charge in [-0.05, 0) is 25.1 Å². The summed E-state index contributed by atoms with van der Waals surface area (Å²) in [5, 5.41) is 4.30. The van der Waals surface area contributed by atoms with Gasteiger partial charge in [-0.15, -0.1) is 0 Å². The monoisotopic (exact) mass is 362 g/mol. The molecule has 0 fully saturated rings. The molecular weight excluding hydrogens is 344 g/mol. The minimum absolute atomic E-state index is 0.112. The first-order valence-electron chi connectivity index (χ1n) is 8.81. The highest BCUT2D eigenvalue weighted by molar-refractivity contribution is 5.93. The fourth-order valence-corrected chi connectivity index (χ4v) is 3.71. The van der Waals surface area contributed by atoms with Crippen LogP contribution in [0.1, 0.15) is 39.5 Å². The summed E-state index contributed by atoms with van der Waals surface area (Å²) in [6.45, 7) is 2.42. The smallest absolute Gasteiger partial charge is 0.273 e. The summed E-state index contributed by atoms with van der Waals surface area (Å²) in [5.74, 6) is 0.357. The molecule has 4 heterocycles. The van der Waals surface area contributed by atoms with Gasteiger partial charge in [-0.2, -0.15) is 5.10 Å². The van der Waals surface area contributed by atoms with E-state index >= 15 is 0 Å². The number of aromatic nitrogens is 5. The third-order valence-electron chi connectivity index (χ3n) is 4.95. The van der Waals surface area contributed by atoms with Crippen LogP contribution in [-0.4, -0.2) is 42.1 Å². The van der Waals surface area contributed by atoms with Crippen LogP contribution in [-0.2, 0) is 13.5 Å². The largest absolute Gasteiger partial charge is 0.438 e. The summed E-state index contributed by atoms with van der Waals surface area (Å²) < 4.78 is 7.62. The molecule has 0 aliphatic carbocycles. The van der Waals surface area contributed by atoms with Gasteiger partial charge in [-0.1, -0.05) is 12.1 Å². The Morgan fingerprint density at radius 3 is 2.96 bits per heavy atom. The van der Waals surface area contributed by atoms with Crippen molar-refractivity contribution in [1.82, 2.24) is 29.6 Å². The van der Waals surface area contributed by atoms with Crippen molar-refractivity contribution in [1.29, 1.82) is 0 Å². The van der Waals surface area contributed by atoms with Crippen LogP contribution < -0.4 is 0 Å². The average molecular weight is 362 g/mol. The van der Waals surface area contributed by atoms with Crippen molar-refractivity contribution < 1.29 is 9.21 Å². The van der Waals surface area contributed by atoms with E-state index in [1.807, 2.05) is 31.2 Å². The number of fused-ring (bicyclic) bond motifs is 2. The van der Waals surface area contributed by atoms with E-state index in [-0.39, 0.29) is 5.91 Å². The van der Waals surface area contributed by atoms with Crippen molar-refractivity contribution in [2.45, 2.75) is 19.4 Å². The third-order valence-corrected chi connectivity index (χ3v) is 4.95. The molecule has 1 aliphatic rings.